The van der Waals surface area contributed by atoms with E-state index >= 15 is 0 Å². The Hall–Kier alpha value is 0.531. The van der Waals surface area contributed by atoms with Crippen LogP contribution in [0.25, 0.3) is 0 Å². The minimum atomic E-state index is 0. The molecule has 0 saturated heterocycles. The van der Waals surface area contributed by atoms with E-state index in [2.05, 4.69) is 64.2 Å². The first-order valence-electron chi connectivity index (χ1n) is 6.32. The average Bonchev–Trinajstić information content (AvgIpc) is 2.93. The number of hydrogen-bond acceptors (Lipinski definition) is 0. The molecule has 2 aliphatic rings. The second kappa shape index (κ2) is 9.46. The topological polar surface area (TPSA) is 0 Å². The molecule has 0 aromatic heterocycles. The second-order valence-electron chi connectivity index (χ2n) is 5.06. The average molecular weight is 356 g/mol. The van der Waals surface area contributed by atoms with Crippen LogP contribution in [0.3, 0.4) is 0 Å². The molecule has 0 atom stereocenters. The van der Waals surface area contributed by atoms with E-state index in [0.717, 1.165) is 11.8 Å². The summed E-state index contributed by atoms with van der Waals surface area (Å²) in [6, 6.07) is 0. The molecular formula is C16H26Ba. The Labute approximate surface area is 150 Å². The van der Waals surface area contributed by atoms with Crippen LogP contribution in [0.1, 0.15) is 43.4 Å². The summed E-state index contributed by atoms with van der Waals surface area (Å²) >= 11 is 0. The Bertz CT molecular complexity index is 303. The van der Waals surface area contributed by atoms with Crippen LogP contribution in [-0.2, 0) is 0 Å². The standard InChI is InChI=1S/2C8H12.Ba.2H/c2*1-7(2)8-5-3-4-6-8;;;/h2*3-5,7H,6H2,1-2H3;;;/q;;+2;2*-1. The molecule has 0 aliphatic heterocycles. The Morgan fingerprint density at radius 3 is 1.29 bits per heavy atom. The van der Waals surface area contributed by atoms with E-state index in [4.69, 9.17) is 0 Å². The normalized spacial score (nSPS) is 16.6. The molecule has 1 heteroatoms. The van der Waals surface area contributed by atoms with E-state index in [1.165, 1.54) is 12.8 Å². The first-order valence-corrected chi connectivity index (χ1v) is 6.32. The number of hydrogen-bond donors (Lipinski definition) is 0. The van der Waals surface area contributed by atoms with E-state index in [0.29, 0.717) is 0 Å². The Kier molecular flexibility index (Phi) is 9.76. The van der Waals surface area contributed by atoms with Crippen LogP contribution in [0.4, 0.5) is 0 Å². The Morgan fingerprint density at radius 1 is 0.824 bits per heavy atom. The first-order chi connectivity index (χ1) is 7.61. The molecule has 0 saturated carbocycles. The summed E-state index contributed by atoms with van der Waals surface area (Å²) in [6.45, 7) is 8.94. The van der Waals surface area contributed by atoms with E-state index in [9.17, 15) is 0 Å². The molecule has 0 unspecified atom stereocenters. The minimum absolute atomic E-state index is 0. The van der Waals surface area contributed by atoms with E-state index in [-0.39, 0.29) is 51.7 Å². The van der Waals surface area contributed by atoms with Gasteiger partial charge in [0.2, 0.25) is 0 Å². The number of rotatable bonds is 2. The van der Waals surface area contributed by atoms with Crippen molar-refractivity contribution in [3.63, 3.8) is 0 Å². The molecule has 0 aromatic carbocycles. The van der Waals surface area contributed by atoms with Crippen molar-refractivity contribution in [3.8, 4) is 0 Å². The smallest absolute Gasteiger partial charge is 1.00 e. The monoisotopic (exact) mass is 356 g/mol. The molecule has 2 aliphatic carbocycles. The van der Waals surface area contributed by atoms with Crippen molar-refractivity contribution >= 4 is 48.9 Å². The molecule has 2 rings (SSSR count). The zero-order chi connectivity index (χ0) is 12.0. The quantitative estimate of drug-likeness (QED) is 0.618. The maximum atomic E-state index is 2.23. The van der Waals surface area contributed by atoms with Crippen molar-refractivity contribution < 1.29 is 2.85 Å². The zero-order valence-corrected chi connectivity index (χ0v) is 16.2. The van der Waals surface area contributed by atoms with Crippen molar-refractivity contribution in [1.82, 2.24) is 0 Å². The summed E-state index contributed by atoms with van der Waals surface area (Å²) in [7, 11) is 0. The van der Waals surface area contributed by atoms with Gasteiger partial charge in [-0.05, 0) is 24.7 Å². The van der Waals surface area contributed by atoms with Crippen LogP contribution >= 0.6 is 0 Å². The van der Waals surface area contributed by atoms with Crippen molar-refractivity contribution in [2.75, 3.05) is 0 Å². The summed E-state index contributed by atoms with van der Waals surface area (Å²) in [4.78, 5) is 0. The molecule has 0 bridgehead atoms. The minimum Gasteiger partial charge on any atom is -1.00 e. The van der Waals surface area contributed by atoms with E-state index in [1.54, 1.807) is 11.1 Å². The van der Waals surface area contributed by atoms with Gasteiger partial charge in [0.05, 0.1) is 0 Å². The summed E-state index contributed by atoms with van der Waals surface area (Å²) in [5.74, 6) is 1.48. The summed E-state index contributed by atoms with van der Waals surface area (Å²) < 4.78 is 0. The molecule has 0 heterocycles. The third kappa shape index (κ3) is 6.88. The fourth-order valence-corrected chi connectivity index (χ4v) is 1.78. The van der Waals surface area contributed by atoms with Crippen LogP contribution < -0.4 is 0 Å². The van der Waals surface area contributed by atoms with E-state index in [1.807, 2.05) is 0 Å². The first kappa shape index (κ1) is 17.5. The second-order valence-corrected chi connectivity index (χ2v) is 5.06. The van der Waals surface area contributed by atoms with Gasteiger partial charge < -0.3 is 2.85 Å². The van der Waals surface area contributed by atoms with Gasteiger partial charge in [-0.15, -0.1) is 0 Å². The van der Waals surface area contributed by atoms with Gasteiger partial charge in [0, 0.05) is 0 Å². The molecule has 0 nitrogen and oxygen atoms in total. The van der Waals surface area contributed by atoms with Gasteiger partial charge >= 0.3 is 48.9 Å². The van der Waals surface area contributed by atoms with Gasteiger partial charge in [0.25, 0.3) is 0 Å². The van der Waals surface area contributed by atoms with Crippen LogP contribution in [0.15, 0.2) is 47.6 Å². The van der Waals surface area contributed by atoms with Gasteiger partial charge in [0.1, 0.15) is 0 Å². The SMILES string of the molecule is CC(C)C1=CC=CC1.CC(C)C1=CC=CC1.[Ba+2].[H-].[H-]. The van der Waals surface area contributed by atoms with Crippen molar-refractivity contribution in [2.24, 2.45) is 11.8 Å². The Morgan fingerprint density at radius 2 is 1.18 bits per heavy atom. The molecule has 0 spiro atoms. The van der Waals surface area contributed by atoms with Crippen molar-refractivity contribution in [1.29, 1.82) is 0 Å². The predicted octanol–water partition coefficient (Wildman–Crippen LogP) is 4.90. The largest absolute Gasteiger partial charge is 2.00 e. The third-order valence-electron chi connectivity index (χ3n) is 3.08. The Balaban J connectivity index is -0.000000233. The van der Waals surface area contributed by atoms with Gasteiger partial charge in [-0.25, -0.2) is 0 Å². The van der Waals surface area contributed by atoms with E-state index < -0.39 is 0 Å². The van der Waals surface area contributed by atoms with Gasteiger partial charge in [-0.2, -0.15) is 0 Å². The van der Waals surface area contributed by atoms with Crippen molar-refractivity contribution in [2.45, 2.75) is 40.5 Å². The molecule has 0 aromatic rings. The fourth-order valence-electron chi connectivity index (χ4n) is 1.78. The van der Waals surface area contributed by atoms with Crippen molar-refractivity contribution in [3.05, 3.63) is 47.6 Å². The van der Waals surface area contributed by atoms with Crippen LogP contribution in [0.5, 0.6) is 0 Å². The summed E-state index contributed by atoms with van der Waals surface area (Å²) in [5.41, 5.74) is 3.12. The van der Waals surface area contributed by atoms with Gasteiger partial charge in [0.15, 0.2) is 0 Å². The molecule has 0 N–H and O–H groups in total. The molecule has 0 amide bonds. The molecule has 92 valence electrons. The van der Waals surface area contributed by atoms with Crippen LogP contribution in [0, 0.1) is 11.8 Å². The van der Waals surface area contributed by atoms with Crippen LogP contribution in [0.2, 0.25) is 0 Å². The summed E-state index contributed by atoms with van der Waals surface area (Å²) in [5, 5.41) is 0. The predicted molar refractivity (Wildman–Crippen MR) is 81.3 cm³/mol. The molecular weight excluding hydrogens is 330 g/mol. The third-order valence-corrected chi connectivity index (χ3v) is 3.08. The summed E-state index contributed by atoms with van der Waals surface area (Å²) in [6.07, 6.45) is 15.5. The molecule has 0 fully saturated rings. The maximum absolute atomic E-state index is 2.23. The van der Waals surface area contributed by atoms with Gasteiger partial charge in [-0.1, -0.05) is 75.3 Å². The number of allylic oxidation sites excluding steroid dienone is 8. The fraction of sp³-hybridized carbons (Fsp3) is 0.500. The molecule has 0 radical (unpaired) electrons. The maximum Gasteiger partial charge on any atom is 2.00 e. The van der Waals surface area contributed by atoms with Gasteiger partial charge in [-0.3, -0.25) is 0 Å². The zero-order valence-electron chi connectivity index (χ0n) is 13.7. The molecule has 17 heavy (non-hydrogen) atoms. The van der Waals surface area contributed by atoms with Crippen LogP contribution in [-0.4, -0.2) is 48.9 Å².